The first kappa shape index (κ1) is 20.4. The molecule has 7 heteroatoms. The molecule has 3 aromatic carbocycles. The maximum absolute atomic E-state index is 12.9. The number of phenolic OH excluding ortho intramolecular Hbond substituents is 1. The zero-order chi connectivity index (χ0) is 23.1. The van der Waals surface area contributed by atoms with Crippen LogP contribution in [-0.4, -0.2) is 23.3 Å². The highest BCUT2D eigenvalue weighted by atomic mass is 16.5. The fourth-order valence-electron chi connectivity index (χ4n) is 4.01. The predicted molar refractivity (Wildman–Crippen MR) is 123 cm³/mol. The van der Waals surface area contributed by atoms with Gasteiger partial charge in [0.2, 0.25) is 0 Å². The lowest BCUT2D eigenvalue weighted by Gasteiger charge is -2.07. The Morgan fingerprint density at radius 2 is 1.70 bits per heavy atom. The summed E-state index contributed by atoms with van der Waals surface area (Å²) in [5, 5.41) is 20.5. The average Bonchev–Trinajstić information content (AvgIpc) is 3.16. The lowest BCUT2D eigenvalue weighted by molar-refractivity contribution is -0.136. The van der Waals surface area contributed by atoms with Gasteiger partial charge >= 0.3 is 5.97 Å². The Kier molecular flexibility index (Phi) is 4.86. The number of methoxy groups -OCH3 is 1. The number of aliphatic carboxylic acids is 1. The van der Waals surface area contributed by atoms with E-state index in [1.54, 1.807) is 36.4 Å². The monoisotopic (exact) mass is 442 g/mol. The summed E-state index contributed by atoms with van der Waals surface area (Å²) >= 11 is 0. The lowest BCUT2D eigenvalue weighted by atomic mass is 10.0. The van der Waals surface area contributed by atoms with E-state index in [4.69, 9.17) is 13.6 Å². The molecular weight excluding hydrogens is 424 g/mol. The van der Waals surface area contributed by atoms with Gasteiger partial charge in [-0.1, -0.05) is 42.5 Å². The van der Waals surface area contributed by atoms with Gasteiger partial charge in [0.15, 0.2) is 11.0 Å². The number of fused-ring (bicyclic) bond motifs is 3. The fourth-order valence-corrected chi connectivity index (χ4v) is 4.01. The van der Waals surface area contributed by atoms with Crippen LogP contribution < -0.4 is 10.2 Å². The van der Waals surface area contributed by atoms with Crippen molar-refractivity contribution in [1.82, 2.24) is 0 Å². The molecule has 5 aromatic rings. The largest absolute Gasteiger partial charge is 0.507 e. The zero-order valence-corrected chi connectivity index (χ0v) is 17.5. The van der Waals surface area contributed by atoms with Crippen LogP contribution in [0.4, 0.5) is 0 Å². The van der Waals surface area contributed by atoms with Gasteiger partial charge in [-0.25, -0.2) is 0 Å². The van der Waals surface area contributed by atoms with E-state index in [1.807, 2.05) is 18.2 Å². The van der Waals surface area contributed by atoms with Crippen LogP contribution in [0.5, 0.6) is 11.5 Å². The molecule has 0 aliphatic carbocycles. The molecule has 0 unspecified atom stereocenters. The van der Waals surface area contributed by atoms with Crippen LogP contribution in [0.25, 0.3) is 44.6 Å². The lowest BCUT2D eigenvalue weighted by Crippen LogP contribution is -2.03. The number of furan rings is 1. The number of hydrogen-bond donors (Lipinski definition) is 2. The molecule has 0 atom stereocenters. The molecule has 2 heterocycles. The van der Waals surface area contributed by atoms with Crippen molar-refractivity contribution in [2.24, 2.45) is 0 Å². The number of hydrogen-bond acceptors (Lipinski definition) is 6. The van der Waals surface area contributed by atoms with E-state index >= 15 is 0 Å². The van der Waals surface area contributed by atoms with Crippen LogP contribution in [-0.2, 0) is 11.2 Å². The molecule has 0 fully saturated rings. The normalized spacial score (nSPS) is 11.2. The van der Waals surface area contributed by atoms with Crippen LogP contribution in [0, 0.1) is 0 Å². The van der Waals surface area contributed by atoms with E-state index in [2.05, 4.69) is 0 Å². The molecule has 7 nitrogen and oxygen atoms in total. The minimum atomic E-state index is -1.08. The smallest absolute Gasteiger partial charge is 0.307 e. The van der Waals surface area contributed by atoms with Crippen molar-refractivity contribution in [1.29, 1.82) is 0 Å². The van der Waals surface area contributed by atoms with Gasteiger partial charge in [-0.2, -0.15) is 0 Å². The Hall–Kier alpha value is -4.52. The highest BCUT2D eigenvalue weighted by Gasteiger charge is 2.25. The highest BCUT2D eigenvalue weighted by molar-refractivity contribution is 6.10. The van der Waals surface area contributed by atoms with E-state index in [0.717, 1.165) is 0 Å². The summed E-state index contributed by atoms with van der Waals surface area (Å²) < 4.78 is 17.4. The molecule has 5 rings (SSSR count). The molecule has 0 radical (unpaired) electrons. The van der Waals surface area contributed by atoms with E-state index in [9.17, 15) is 19.8 Å². The minimum absolute atomic E-state index is 0.0354. The number of carboxylic acids is 1. The third kappa shape index (κ3) is 3.49. The summed E-state index contributed by atoms with van der Waals surface area (Å²) in [6.45, 7) is 0. The first-order valence-corrected chi connectivity index (χ1v) is 10.1. The Balaban J connectivity index is 1.90. The summed E-state index contributed by atoms with van der Waals surface area (Å²) in [6.07, 6.45) is -0.376. The summed E-state index contributed by atoms with van der Waals surface area (Å²) in [5.74, 6) is -0.223. The zero-order valence-electron chi connectivity index (χ0n) is 17.5. The number of carboxylic acid groups (broad SMARTS) is 1. The Bertz CT molecular complexity index is 1580. The highest BCUT2D eigenvalue weighted by Crippen LogP contribution is 2.42. The Labute approximate surface area is 187 Å². The van der Waals surface area contributed by atoms with Gasteiger partial charge in [0.05, 0.1) is 18.9 Å². The third-order valence-electron chi connectivity index (χ3n) is 5.45. The first-order valence-electron chi connectivity index (χ1n) is 10.1. The molecule has 0 aliphatic rings. The van der Waals surface area contributed by atoms with Crippen molar-refractivity contribution >= 4 is 27.9 Å². The maximum atomic E-state index is 12.9. The van der Waals surface area contributed by atoms with Crippen molar-refractivity contribution in [2.75, 3.05) is 7.11 Å². The fraction of sp³-hybridized carbons (Fsp3) is 0.0769. The van der Waals surface area contributed by atoms with Gasteiger partial charge < -0.3 is 23.8 Å². The Morgan fingerprint density at radius 3 is 2.42 bits per heavy atom. The standard InChI is InChI=1S/C26H18O7/c1-31-16-9-5-8-15(10-16)25-17(11-22(29)30)23-21(33-25)13-19(28)24-18(27)12-20(32-26(23)24)14-6-3-2-4-7-14/h2-10,12-13,28H,11H2,1H3,(H,29,30). The van der Waals surface area contributed by atoms with Crippen molar-refractivity contribution in [2.45, 2.75) is 6.42 Å². The molecule has 164 valence electrons. The molecule has 33 heavy (non-hydrogen) atoms. The molecule has 0 amide bonds. The maximum Gasteiger partial charge on any atom is 0.307 e. The molecule has 0 spiro atoms. The minimum Gasteiger partial charge on any atom is -0.507 e. The second kappa shape index (κ2) is 7.87. The summed E-state index contributed by atoms with van der Waals surface area (Å²) in [4.78, 5) is 24.7. The van der Waals surface area contributed by atoms with Crippen molar-refractivity contribution in [3.63, 3.8) is 0 Å². The summed E-state index contributed by atoms with van der Waals surface area (Å²) in [7, 11) is 1.53. The van der Waals surface area contributed by atoms with Gasteiger partial charge in [-0.3, -0.25) is 9.59 Å². The van der Waals surface area contributed by atoms with Crippen molar-refractivity contribution in [3.8, 4) is 34.1 Å². The van der Waals surface area contributed by atoms with Crippen molar-refractivity contribution < 1.29 is 28.6 Å². The van der Waals surface area contributed by atoms with Gasteiger partial charge in [0.1, 0.15) is 34.0 Å². The van der Waals surface area contributed by atoms with E-state index in [1.165, 1.54) is 19.2 Å². The van der Waals surface area contributed by atoms with Crippen LogP contribution >= 0.6 is 0 Å². The SMILES string of the molecule is COc1cccc(-c2oc3cc(O)c4c(=O)cc(-c5ccccc5)oc4c3c2CC(=O)O)c1. The van der Waals surface area contributed by atoms with E-state index in [-0.39, 0.29) is 28.7 Å². The summed E-state index contributed by atoms with van der Waals surface area (Å²) in [6, 6.07) is 18.7. The number of benzene rings is 3. The molecule has 0 aliphatic heterocycles. The third-order valence-corrected chi connectivity index (χ3v) is 5.45. The Morgan fingerprint density at radius 1 is 0.939 bits per heavy atom. The number of aromatic hydroxyl groups is 1. The molecule has 0 saturated heterocycles. The van der Waals surface area contributed by atoms with Crippen LogP contribution in [0.15, 0.2) is 80.4 Å². The summed E-state index contributed by atoms with van der Waals surface area (Å²) in [5.41, 5.74) is 1.44. The number of carbonyl (C=O) groups is 1. The first-order chi connectivity index (χ1) is 16.0. The van der Waals surface area contributed by atoms with Crippen LogP contribution in [0.2, 0.25) is 0 Å². The molecule has 2 aromatic heterocycles. The van der Waals surface area contributed by atoms with Crippen LogP contribution in [0.1, 0.15) is 5.56 Å². The average molecular weight is 442 g/mol. The molecule has 0 saturated carbocycles. The predicted octanol–water partition coefficient (Wildman–Crippen LogP) is 5.21. The second-order valence-corrected chi connectivity index (χ2v) is 7.53. The number of phenols is 1. The topological polar surface area (TPSA) is 110 Å². The molecular formula is C26H18O7. The van der Waals surface area contributed by atoms with Crippen molar-refractivity contribution in [3.05, 3.63) is 82.5 Å². The van der Waals surface area contributed by atoms with Crippen LogP contribution in [0.3, 0.4) is 0 Å². The van der Waals surface area contributed by atoms with Gasteiger partial charge in [0, 0.05) is 28.8 Å². The van der Waals surface area contributed by atoms with Gasteiger partial charge in [-0.15, -0.1) is 0 Å². The number of rotatable bonds is 5. The quantitative estimate of drug-likeness (QED) is 0.384. The molecule has 2 N–H and O–H groups in total. The van der Waals surface area contributed by atoms with E-state index in [0.29, 0.717) is 39.3 Å². The second-order valence-electron chi connectivity index (χ2n) is 7.53. The molecule has 0 bridgehead atoms. The van der Waals surface area contributed by atoms with Gasteiger partial charge in [-0.05, 0) is 12.1 Å². The number of ether oxygens (including phenoxy) is 1. The van der Waals surface area contributed by atoms with Gasteiger partial charge in [0.25, 0.3) is 0 Å². The van der Waals surface area contributed by atoms with E-state index < -0.39 is 11.4 Å².